The summed E-state index contributed by atoms with van der Waals surface area (Å²) in [6.07, 6.45) is 6.12. The normalized spacial score (nSPS) is 14.9. The minimum absolute atomic E-state index is 0.0480. The van der Waals surface area contributed by atoms with E-state index in [0.717, 1.165) is 25.8 Å². The fourth-order valence-electron chi connectivity index (χ4n) is 1.83. The van der Waals surface area contributed by atoms with Gasteiger partial charge in [-0.1, -0.05) is 25.4 Å². The Labute approximate surface area is 112 Å². The lowest BCUT2D eigenvalue weighted by atomic mass is 10.1. The van der Waals surface area contributed by atoms with E-state index in [1.165, 1.54) is 12.4 Å². The molecule has 5 heteroatoms. The Bertz CT molecular complexity index is 432. The second kappa shape index (κ2) is 5.65. The molecule has 4 nitrogen and oxygen atoms in total. The van der Waals surface area contributed by atoms with Gasteiger partial charge in [-0.05, 0) is 25.2 Å². The molecule has 18 heavy (non-hydrogen) atoms. The Kier molecular flexibility index (Phi) is 4.17. The SMILES string of the molecule is CC(C)CCN(C(=O)c1cncc(Cl)n1)C1CC1. The van der Waals surface area contributed by atoms with Crippen LogP contribution in [0.3, 0.4) is 0 Å². The molecule has 1 aromatic rings. The first-order valence-corrected chi connectivity index (χ1v) is 6.74. The van der Waals surface area contributed by atoms with E-state index in [-0.39, 0.29) is 11.1 Å². The summed E-state index contributed by atoms with van der Waals surface area (Å²) in [4.78, 5) is 22.2. The van der Waals surface area contributed by atoms with Crippen molar-refractivity contribution < 1.29 is 4.79 Å². The highest BCUT2D eigenvalue weighted by atomic mass is 35.5. The maximum Gasteiger partial charge on any atom is 0.274 e. The zero-order chi connectivity index (χ0) is 13.1. The van der Waals surface area contributed by atoms with Gasteiger partial charge in [-0.25, -0.2) is 4.98 Å². The van der Waals surface area contributed by atoms with Crippen LogP contribution in [-0.2, 0) is 0 Å². The topological polar surface area (TPSA) is 46.1 Å². The van der Waals surface area contributed by atoms with E-state index in [4.69, 9.17) is 11.6 Å². The molecule has 0 spiro atoms. The molecule has 0 atom stereocenters. The van der Waals surface area contributed by atoms with Crippen molar-refractivity contribution in [1.82, 2.24) is 14.9 Å². The van der Waals surface area contributed by atoms with Gasteiger partial charge in [-0.2, -0.15) is 0 Å². The average Bonchev–Trinajstić information content (AvgIpc) is 3.13. The highest BCUT2D eigenvalue weighted by Crippen LogP contribution is 2.28. The van der Waals surface area contributed by atoms with Gasteiger partial charge in [-0.3, -0.25) is 9.78 Å². The molecule has 1 aliphatic rings. The molecule has 0 bridgehead atoms. The second-order valence-electron chi connectivity index (χ2n) is 5.14. The maximum atomic E-state index is 12.4. The van der Waals surface area contributed by atoms with Crippen LogP contribution in [0.1, 0.15) is 43.6 Å². The number of hydrogen-bond acceptors (Lipinski definition) is 3. The Morgan fingerprint density at radius 3 is 2.78 bits per heavy atom. The molecular formula is C13H18ClN3O. The lowest BCUT2D eigenvalue weighted by Crippen LogP contribution is -2.35. The van der Waals surface area contributed by atoms with Crippen molar-refractivity contribution in [2.24, 2.45) is 5.92 Å². The quantitative estimate of drug-likeness (QED) is 0.824. The summed E-state index contributed by atoms with van der Waals surface area (Å²) in [5, 5.41) is 0.264. The third-order valence-corrected chi connectivity index (χ3v) is 3.20. The Balaban J connectivity index is 2.08. The second-order valence-corrected chi connectivity index (χ2v) is 5.53. The molecule has 98 valence electrons. The first kappa shape index (κ1) is 13.3. The molecule has 1 amide bonds. The Hall–Kier alpha value is -1.16. The van der Waals surface area contributed by atoms with Gasteiger partial charge in [0.25, 0.3) is 5.91 Å². The highest BCUT2D eigenvalue weighted by Gasteiger charge is 2.33. The van der Waals surface area contributed by atoms with Crippen LogP contribution in [0.2, 0.25) is 5.15 Å². The molecule has 1 saturated carbocycles. The summed E-state index contributed by atoms with van der Waals surface area (Å²) in [5.74, 6) is 0.539. The molecule has 1 aromatic heterocycles. The monoisotopic (exact) mass is 267 g/mol. The van der Waals surface area contributed by atoms with Gasteiger partial charge >= 0.3 is 0 Å². The van der Waals surface area contributed by atoms with Crippen molar-refractivity contribution in [2.45, 2.75) is 39.2 Å². The van der Waals surface area contributed by atoms with Crippen LogP contribution in [0.5, 0.6) is 0 Å². The van der Waals surface area contributed by atoms with Crippen LogP contribution in [0.15, 0.2) is 12.4 Å². The molecule has 0 N–H and O–H groups in total. The fourth-order valence-corrected chi connectivity index (χ4v) is 1.97. The molecule has 0 saturated heterocycles. The first-order chi connectivity index (χ1) is 8.58. The van der Waals surface area contributed by atoms with Gasteiger partial charge in [0.15, 0.2) is 0 Å². The van der Waals surface area contributed by atoms with Crippen molar-refractivity contribution in [1.29, 1.82) is 0 Å². The Morgan fingerprint density at radius 2 is 2.22 bits per heavy atom. The molecule has 2 rings (SSSR count). The number of carbonyl (C=O) groups excluding carboxylic acids is 1. The third kappa shape index (κ3) is 3.42. The number of carbonyl (C=O) groups is 1. The lowest BCUT2D eigenvalue weighted by molar-refractivity contribution is 0.0729. The fraction of sp³-hybridized carbons (Fsp3) is 0.615. The van der Waals surface area contributed by atoms with Crippen molar-refractivity contribution >= 4 is 17.5 Å². The van der Waals surface area contributed by atoms with Gasteiger partial charge in [-0.15, -0.1) is 0 Å². The van der Waals surface area contributed by atoms with Gasteiger partial charge < -0.3 is 4.90 Å². The average molecular weight is 268 g/mol. The minimum Gasteiger partial charge on any atom is -0.334 e. The van der Waals surface area contributed by atoms with Gasteiger partial charge in [0, 0.05) is 12.6 Å². The molecule has 1 heterocycles. The molecule has 0 aliphatic heterocycles. The van der Waals surface area contributed by atoms with Crippen molar-refractivity contribution in [3.8, 4) is 0 Å². The molecular weight excluding hydrogens is 250 g/mol. The Morgan fingerprint density at radius 1 is 1.50 bits per heavy atom. The van der Waals surface area contributed by atoms with E-state index in [0.29, 0.717) is 17.7 Å². The van der Waals surface area contributed by atoms with E-state index in [9.17, 15) is 4.79 Å². The molecule has 1 aliphatic carbocycles. The van der Waals surface area contributed by atoms with Crippen molar-refractivity contribution in [2.75, 3.05) is 6.54 Å². The summed E-state index contributed by atoms with van der Waals surface area (Å²) in [6.45, 7) is 5.11. The summed E-state index contributed by atoms with van der Waals surface area (Å²) < 4.78 is 0. The van der Waals surface area contributed by atoms with Gasteiger partial charge in [0.2, 0.25) is 0 Å². The maximum absolute atomic E-state index is 12.4. The van der Waals surface area contributed by atoms with Crippen molar-refractivity contribution in [3.05, 3.63) is 23.2 Å². The smallest absolute Gasteiger partial charge is 0.274 e. The molecule has 1 fully saturated rings. The predicted molar refractivity (Wildman–Crippen MR) is 70.6 cm³/mol. The van der Waals surface area contributed by atoms with Crippen LogP contribution in [0.25, 0.3) is 0 Å². The van der Waals surface area contributed by atoms with E-state index in [2.05, 4.69) is 23.8 Å². The van der Waals surface area contributed by atoms with Crippen LogP contribution in [0, 0.1) is 5.92 Å². The first-order valence-electron chi connectivity index (χ1n) is 6.36. The van der Waals surface area contributed by atoms with Gasteiger partial charge in [0.05, 0.1) is 12.4 Å². The molecule has 0 unspecified atom stereocenters. The zero-order valence-electron chi connectivity index (χ0n) is 10.8. The van der Waals surface area contributed by atoms with Crippen LogP contribution < -0.4 is 0 Å². The summed E-state index contributed by atoms with van der Waals surface area (Å²) >= 11 is 5.77. The zero-order valence-corrected chi connectivity index (χ0v) is 11.5. The largest absolute Gasteiger partial charge is 0.334 e. The number of rotatable bonds is 5. The summed E-state index contributed by atoms with van der Waals surface area (Å²) in [6, 6.07) is 0.386. The number of nitrogens with zero attached hydrogens (tertiary/aromatic N) is 3. The van der Waals surface area contributed by atoms with E-state index < -0.39 is 0 Å². The van der Waals surface area contributed by atoms with Crippen LogP contribution in [-0.4, -0.2) is 33.4 Å². The summed E-state index contributed by atoms with van der Waals surface area (Å²) in [7, 11) is 0. The highest BCUT2D eigenvalue weighted by molar-refractivity contribution is 6.29. The lowest BCUT2D eigenvalue weighted by Gasteiger charge is -2.22. The number of aromatic nitrogens is 2. The number of halogens is 1. The predicted octanol–water partition coefficient (Wildman–Crippen LogP) is 2.78. The van der Waals surface area contributed by atoms with Gasteiger partial charge in [0.1, 0.15) is 10.8 Å². The van der Waals surface area contributed by atoms with Crippen LogP contribution in [0.4, 0.5) is 0 Å². The van der Waals surface area contributed by atoms with E-state index >= 15 is 0 Å². The minimum atomic E-state index is -0.0480. The van der Waals surface area contributed by atoms with E-state index in [1.54, 1.807) is 0 Å². The number of amides is 1. The third-order valence-electron chi connectivity index (χ3n) is 3.02. The van der Waals surface area contributed by atoms with Crippen molar-refractivity contribution in [3.63, 3.8) is 0 Å². The standard InChI is InChI=1S/C13H18ClN3O/c1-9(2)5-6-17(10-3-4-10)13(18)11-7-15-8-12(14)16-11/h7-10H,3-6H2,1-2H3. The summed E-state index contributed by atoms with van der Waals surface area (Å²) in [5.41, 5.74) is 0.346. The van der Waals surface area contributed by atoms with E-state index in [1.807, 2.05) is 4.90 Å². The molecule has 0 aromatic carbocycles. The van der Waals surface area contributed by atoms with Crippen LogP contribution >= 0.6 is 11.6 Å². The number of hydrogen-bond donors (Lipinski definition) is 0. The molecule has 0 radical (unpaired) electrons.